The average molecular weight is 348 g/mol. The van der Waals surface area contributed by atoms with Crippen LogP contribution in [0.5, 0.6) is 5.75 Å². The van der Waals surface area contributed by atoms with Gasteiger partial charge in [-0.1, -0.05) is 23.7 Å². The van der Waals surface area contributed by atoms with Crippen LogP contribution in [0.3, 0.4) is 0 Å². The summed E-state index contributed by atoms with van der Waals surface area (Å²) in [5.41, 5.74) is 0.927. The van der Waals surface area contributed by atoms with Gasteiger partial charge in [0.15, 0.2) is 0 Å². The number of thiophene rings is 1. The van der Waals surface area contributed by atoms with Gasteiger partial charge in [-0.25, -0.2) is 0 Å². The van der Waals surface area contributed by atoms with Crippen molar-refractivity contribution in [2.24, 2.45) is 0 Å². The molecule has 2 aromatic heterocycles. The van der Waals surface area contributed by atoms with E-state index in [1.54, 1.807) is 36.4 Å². The van der Waals surface area contributed by atoms with Crippen molar-refractivity contribution < 1.29 is 14.3 Å². The van der Waals surface area contributed by atoms with Crippen molar-refractivity contribution >= 4 is 50.7 Å². The molecule has 1 aliphatic rings. The standard InChI is InChI=1S/C15H10ClN3O3S/c16-11-6-7-5-9(18-15(7)23-11)12(20)19-14-13(21)17-8-3-1-2-4-10(8)22-14/h1-6,14,18H,(H,17,21)(H,19,20). The molecule has 8 heteroatoms. The number of hydrogen-bond acceptors (Lipinski definition) is 4. The number of amides is 2. The third kappa shape index (κ3) is 2.54. The highest BCUT2D eigenvalue weighted by Gasteiger charge is 2.29. The van der Waals surface area contributed by atoms with E-state index in [0.29, 0.717) is 21.5 Å². The molecule has 1 aliphatic heterocycles. The number of ether oxygens (including phenoxy) is 1. The summed E-state index contributed by atoms with van der Waals surface area (Å²) < 4.78 is 6.18. The van der Waals surface area contributed by atoms with Gasteiger partial charge in [0.25, 0.3) is 18.0 Å². The van der Waals surface area contributed by atoms with E-state index in [9.17, 15) is 9.59 Å². The Morgan fingerprint density at radius 3 is 2.96 bits per heavy atom. The third-order valence-corrected chi connectivity index (χ3v) is 4.61. The van der Waals surface area contributed by atoms with Crippen LogP contribution in [0.4, 0.5) is 5.69 Å². The van der Waals surface area contributed by atoms with Crippen LogP contribution in [0, 0.1) is 0 Å². The molecule has 6 nitrogen and oxygen atoms in total. The molecule has 2 amide bonds. The topological polar surface area (TPSA) is 83.2 Å². The molecule has 1 atom stereocenters. The monoisotopic (exact) mass is 347 g/mol. The minimum Gasteiger partial charge on any atom is -0.459 e. The Morgan fingerprint density at radius 2 is 2.13 bits per heavy atom. The van der Waals surface area contributed by atoms with Crippen molar-refractivity contribution in [1.29, 1.82) is 0 Å². The summed E-state index contributed by atoms with van der Waals surface area (Å²) in [5.74, 6) is -0.339. The van der Waals surface area contributed by atoms with Crippen molar-refractivity contribution in [3.8, 4) is 5.75 Å². The summed E-state index contributed by atoms with van der Waals surface area (Å²) >= 11 is 7.25. The molecule has 4 rings (SSSR count). The molecular formula is C15H10ClN3O3S. The van der Waals surface area contributed by atoms with E-state index in [4.69, 9.17) is 16.3 Å². The van der Waals surface area contributed by atoms with Crippen LogP contribution in [0.2, 0.25) is 4.34 Å². The molecule has 0 saturated heterocycles. The molecule has 3 heterocycles. The van der Waals surface area contributed by atoms with Gasteiger partial charge in [0.05, 0.1) is 10.0 Å². The second kappa shape index (κ2) is 5.29. The molecular weight excluding hydrogens is 338 g/mol. The number of fused-ring (bicyclic) bond motifs is 2. The van der Waals surface area contributed by atoms with E-state index in [1.165, 1.54) is 11.3 Å². The molecule has 1 unspecified atom stereocenters. The number of carbonyl (C=O) groups excluding carboxylic acids is 2. The van der Waals surface area contributed by atoms with E-state index in [2.05, 4.69) is 15.6 Å². The molecule has 3 aromatic rings. The van der Waals surface area contributed by atoms with Gasteiger partial charge in [-0.2, -0.15) is 0 Å². The zero-order valence-electron chi connectivity index (χ0n) is 11.6. The smallest absolute Gasteiger partial charge is 0.287 e. The molecule has 0 radical (unpaired) electrons. The van der Waals surface area contributed by atoms with Crippen molar-refractivity contribution in [3.05, 3.63) is 46.4 Å². The quantitative estimate of drug-likeness (QED) is 0.666. The van der Waals surface area contributed by atoms with Gasteiger partial charge in [0.2, 0.25) is 0 Å². The van der Waals surface area contributed by atoms with Crippen LogP contribution in [-0.4, -0.2) is 23.0 Å². The number of nitrogens with one attached hydrogen (secondary N) is 3. The fraction of sp³-hybridized carbons (Fsp3) is 0.0667. The largest absolute Gasteiger partial charge is 0.459 e. The zero-order valence-corrected chi connectivity index (χ0v) is 13.1. The lowest BCUT2D eigenvalue weighted by molar-refractivity contribution is -0.124. The average Bonchev–Trinajstić information content (AvgIpc) is 3.05. The van der Waals surface area contributed by atoms with E-state index in [-0.39, 0.29) is 0 Å². The minimum absolute atomic E-state index is 0.346. The highest BCUT2D eigenvalue weighted by molar-refractivity contribution is 7.22. The third-order valence-electron chi connectivity index (χ3n) is 3.41. The Bertz CT molecular complexity index is 902. The second-order valence-corrected chi connectivity index (χ2v) is 6.66. The first kappa shape index (κ1) is 14.1. The Kier molecular flexibility index (Phi) is 3.24. The molecule has 0 spiro atoms. The van der Waals surface area contributed by atoms with Crippen LogP contribution >= 0.6 is 22.9 Å². The van der Waals surface area contributed by atoms with E-state index < -0.39 is 18.0 Å². The van der Waals surface area contributed by atoms with Crippen molar-refractivity contribution in [2.45, 2.75) is 6.23 Å². The van der Waals surface area contributed by atoms with Crippen molar-refractivity contribution in [3.63, 3.8) is 0 Å². The minimum atomic E-state index is -1.08. The predicted octanol–water partition coefficient (Wildman–Crippen LogP) is 2.97. The lowest BCUT2D eigenvalue weighted by Gasteiger charge is -2.25. The fourth-order valence-corrected chi connectivity index (χ4v) is 3.48. The molecule has 0 saturated carbocycles. The maximum absolute atomic E-state index is 12.3. The number of anilines is 1. The number of para-hydroxylation sites is 2. The Morgan fingerprint density at radius 1 is 1.30 bits per heavy atom. The maximum atomic E-state index is 12.3. The van der Waals surface area contributed by atoms with Gasteiger partial charge in [-0.3, -0.25) is 9.59 Å². The van der Waals surface area contributed by atoms with E-state index in [0.717, 1.165) is 10.2 Å². The van der Waals surface area contributed by atoms with Gasteiger partial charge in [0, 0.05) is 5.39 Å². The van der Waals surface area contributed by atoms with Gasteiger partial charge in [-0.15, -0.1) is 11.3 Å². The number of aromatic amines is 1. The summed E-state index contributed by atoms with van der Waals surface area (Å²) in [7, 11) is 0. The highest BCUT2D eigenvalue weighted by Crippen LogP contribution is 2.30. The number of carbonyl (C=O) groups is 2. The Labute approximate surface area is 139 Å². The van der Waals surface area contributed by atoms with Crippen molar-refractivity contribution in [1.82, 2.24) is 10.3 Å². The lowest BCUT2D eigenvalue weighted by atomic mass is 10.2. The molecule has 0 fully saturated rings. The normalized spacial score (nSPS) is 16.6. The highest BCUT2D eigenvalue weighted by atomic mass is 35.5. The second-order valence-electron chi connectivity index (χ2n) is 4.97. The molecule has 0 aliphatic carbocycles. The Hall–Kier alpha value is -2.51. The maximum Gasteiger partial charge on any atom is 0.287 e. The van der Waals surface area contributed by atoms with Crippen LogP contribution in [-0.2, 0) is 4.79 Å². The molecule has 116 valence electrons. The summed E-state index contributed by atoms with van der Waals surface area (Å²) in [6.07, 6.45) is -1.08. The van der Waals surface area contributed by atoms with Crippen LogP contribution < -0.4 is 15.4 Å². The number of rotatable bonds is 2. The van der Waals surface area contributed by atoms with Gasteiger partial charge in [0.1, 0.15) is 16.3 Å². The molecule has 0 bridgehead atoms. The summed E-state index contributed by atoms with van der Waals surface area (Å²) in [5, 5.41) is 6.10. The lowest BCUT2D eigenvalue weighted by Crippen LogP contribution is -2.49. The SMILES string of the molecule is O=C(NC1Oc2ccccc2NC1=O)c1cc2cc(Cl)sc2[nH]1. The number of hydrogen-bond donors (Lipinski definition) is 3. The first-order valence-electron chi connectivity index (χ1n) is 6.75. The van der Waals surface area contributed by atoms with Crippen LogP contribution in [0.25, 0.3) is 10.2 Å². The number of aromatic nitrogens is 1. The summed E-state index contributed by atoms with van der Waals surface area (Å²) in [6.45, 7) is 0. The summed E-state index contributed by atoms with van der Waals surface area (Å²) in [4.78, 5) is 28.1. The van der Waals surface area contributed by atoms with Crippen molar-refractivity contribution in [2.75, 3.05) is 5.32 Å². The number of benzene rings is 1. The molecule has 23 heavy (non-hydrogen) atoms. The fourth-order valence-electron chi connectivity index (χ4n) is 2.36. The first-order chi connectivity index (χ1) is 11.1. The number of halogens is 1. The molecule has 3 N–H and O–H groups in total. The van der Waals surface area contributed by atoms with Gasteiger partial charge in [-0.05, 0) is 24.3 Å². The number of H-pyrrole nitrogens is 1. The van der Waals surface area contributed by atoms with Crippen LogP contribution in [0.1, 0.15) is 10.5 Å². The molecule has 1 aromatic carbocycles. The van der Waals surface area contributed by atoms with Gasteiger partial charge >= 0.3 is 0 Å². The van der Waals surface area contributed by atoms with Crippen LogP contribution in [0.15, 0.2) is 36.4 Å². The predicted molar refractivity (Wildman–Crippen MR) is 88.1 cm³/mol. The first-order valence-corrected chi connectivity index (χ1v) is 7.95. The van der Waals surface area contributed by atoms with Gasteiger partial charge < -0.3 is 20.4 Å². The van der Waals surface area contributed by atoms with E-state index >= 15 is 0 Å². The summed E-state index contributed by atoms with van der Waals surface area (Å²) in [6, 6.07) is 10.5. The zero-order chi connectivity index (χ0) is 16.0. The Balaban J connectivity index is 1.54. The van der Waals surface area contributed by atoms with E-state index in [1.807, 2.05) is 0 Å².